The maximum Gasteiger partial charge on any atom is 0.416 e. The third-order valence-corrected chi connectivity index (χ3v) is 7.77. The number of carbonyl (C=O) groups excluding carboxylic acids is 1. The van der Waals surface area contributed by atoms with E-state index in [1.54, 1.807) is 4.90 Å². The zero-order valence-corrected chi connectivity index (χ0v) is 12.7. The van der Waals surface area contributed by atoms with Crippen LogP contribution in [0, 0.1) is 0 Å². The van der Waals surface area contributed by atoms with Crippen LogP contribution >= 0.6 is 0 Å². The Balaban J connectivity index is 2.81. The number of ether oxygens (including phenoxy) is 1. The molecule has 5 heteroatoms. The van der Waals surface area contributed by atoms with Crippen LogP contribution in [0.25, 0.3) is 0 Å². The fraction of sp³-hybridized carbons (Fsp3) is 0.750. The van der Waals surface area contributed by atoms with Crippen LogP contribution in [-0.4, -0.2) is 32.5 Å². The van der Waals surface area contributed by atoms with Crippen molar-refractivity contribution in [2.75, 3.05) is 13.2 Å². The first-order chi connectivity index (χ1) is 7.69. The maximum atomic E-state index is 11.5. The standard InChI is InChI=1S/C12H23NO3Si/c1-7-10(13-8-9-15-11(13)14)16-17(5,6)12(2,3)4/h7H,8-9H2,1-6H3/b10-7-. The molecule has 0 saturated carbocycles. The highest BCUT2D eigenvalue weighted by Crippen LogP contribution is 2.38. The minimum absolute atomic E-state index is 0.116. The summed E-state index contributed by atoms with van der Waals surface area (Å²) in [5.41, 5.74) is 0. The third-order valence-electron chi connectivity index (χ3n) is 3.44. The van der Waals surface area contributed by atoms with Gasteiger partial charge in [-0.2, -0.15) is 0 Å². The van der Waals surface area contributed by atoms with Crippen LogP contribution in [0.2, 0.25) is 18.1 Å². The Morgan fingerprint density at radius 1 is 1.47 bits per heavy atom. The van der Waals surface area contributed by atoms with Crippen LogP contribution in [-0.2, 0) is 9.16 Å². The number of rotatable bonds is 3. The molecule has 1 heterocycles. The zero-order chi connectivity index (χ0) is 13.3. The van der Waals surface area contributed by atoms with Crippen molar-refractivity contribution in [3.05, 3.63) is 12.0 Å². The van der Waals surface area contributed by atoms with E-state index in [-0.39, 0.29) is 11.1 Å². The van der Waals surface area contributed by atoms with Crippen molar-refractivity contribution < 1.29 is 14.0 Å². The summed E-state index contributed by atoms with van der Waals surface area (Å²) in [6.45, 7) is 13.8. The largest absolute Gasteiger partial charge is 0.532 e. The molecule has 0 aromatic rings. The summed E-state index contributed by atoms with van der Waals surface area (Å²) in [6.07, 6.45) is 1.53. The molecule has 0 aromatic carbocycles. The molecule has 4 nitrogen and oxygen atoms in total. The Morgan fingerprint density at radius 3 is 2.41 bits per heavy atom. The molecule has 0 bridgehead atoms. The van der Waals surface area contributed by atoms with E-state index in [1.807, 2.05) is 13.0 Å². The summed E-state index contributed by atoms with van der Waals surface area (Å²) in [6, 6.07) is 0. The lowest BCUT2D eigenvalue weighted by atomic mass is 10.2. The van der Waals surface area contributed by atoms with Gasteiger partial charge in [-0.25, -0.2) is 9.69 Å². The highest BCUT2D eigenvalue weighted by Gasteiger charge is 2.41. The molecule has 0 atom stereocenters. The number of nitrogens with zero attached hydrogens (tertiary/aromatic N) is 1. The SMILES string of the molecule is C/C=C(\O[Si](C)(C)C(C)(C)C)N1CCOC1=O. The summed E-state index contributed by atoms with van der Waals surface area (Å²) in [4.78, 5) is 13.1. The Kier molecular flexibility index (Phi) is 3.91. The number of cyclic esters (lactones) is 1. The fourth-order valence-electron chi connectivity index (χ4n) is 1.28. The minimum atomic E-state index is -1.90. The molecule has 1 amide bonds. The second kappa shape index (κ2) is 4.72. The molecule has 1 rings (SSSR count). The number of carbonyl (C=O) groups is 1. The molecule has 17 heavy (non-hydrogen) atoms. The maximum absolute atomic E-state index is 11.5. The highest BCUT2D eigenvalue weighted by atomic mass is 28.4. The van der Waals surface area contributed by atoms with Gasteiger partial charge < -0.3 is 9.16 Å². The van der Waals surface area contributed by atoms with E-state index in [2.05, 4.69) is 33.9 Å². The number of hydrogen-bond acceptors (Lipinski definition) is 3. The average Bonchev–Trinajstić information content (AvgIpc) is 2.59. The Morgan fingerprint density at radius 2 is 2.06 bits per heavy atom. The van der Waals surface area contributed by atoms with Gasteiger partial charge in [0.1, 0.15) is 6.61 Å². The van der Waals surface area contributed by atoms with Gasteiger partial charge in [-0.1, -0.05) is 20.8 Å². The lowest BCUT2D eigenvalue weighted by Gasteiger charge is -2.38. The lowest BCUT2D eigenvalue weighted by Crippen LogP contribution is -2.43. The van der Waals surface area contributed by atoms with E-state index in [1.165, 1.54) is 0 Å². The average molecular weight is 257 g/mol. The van der Waals surface area contributed by atoms with Crippen LogP contribution < -0.4 is 0 Å². The summed E-state index contributed by atoms with van der Waals surface area (Å²) in [5, 5.41) is 0.116. The second-order valence-corrected chi connectivity index (χ2v) is 10.5. The lowest BCUT2D eigenvalue weighted by molar-refractivity contribution is 0.152. The van der Waals surface area contributed by atoms with Gasteiger partial charge in [0.2, 0.25) is 0 Å². The van der Waals surface area contributed by atoms with Gasteiger partial charge in [-0.3, -0.25) is 0 Å². The monoisotopic (exact) mass is 257 g/mol. The molecule has 0 spiro atoms. The quantitative estimate of drug-likeness (QED) is 0.575. The summed E-state index contributed by atoms with van der Waals surface area (Å²) < 4.78 is 11.1. The fourth-order valence-corrected chi connectivity index (χ4v) is 2.34. The van der Waals surface area contributed by atoms with Crippen molar-refractivity contribution in [1.29, 1.82) is 0 Å². The van der Waals surface area contributed by atoms with Gasteiger partial charge >= 0.3 is 6.09 Å². The Bertz CT molecular complexity index is 331. The van der Waals surface area contributed by atoms with Crippen LogP contribution in [0.1, 0.15) is 27.7 Å². The molecule has 0 N–H and O–H groups in total. The van der Waals surface area contributed by atoms with Crippen molar-refractivity contribution in [1.82, 2.24) is 4.90 Å². The van der Waals surface area contributed by atoms with Gasteiger partial charge in [-0.15, -0.1) is 0 Å². The van der Waals surface area contributed by atoms with Crippen LogP contribution in [0.4, 0.5) is 4.79 Å². The van der Waals surface area contributed by atoms with Crippen molar-refractivity contribution in [2.45, 2.75) is 45.8 Å². The predicted molar refractivity (Wildman–Crippen MR) is 70.1 cm³/mol. The number of allylic oxidation sites excluding steroid dienone is 1. The third kappa shape index (κ3) is 3.03. The van der Waals surface area contributed by atoms with E-state index in [9.17, 15) is 4.79 Å². The van der Waals surface area contributed by atoms with Crippen molar-refractivity contribution in [2.24, 2.45) is 0 Å². The number of hydrogen-bond donors (Lipinski definition) is 0. The van der Waals surface area contributed by atoms with E-state index in [0.717, 1.165) is 0 Å². The highest BCUT2D eigenvalue weighted by molar-refractivity contribution is 6.74. The minimum Gasteiger partial charge on any atom is -0.532 e. The van der Waals surface area contributed by atoms with Gasteiger partial charge in [0.05, 0.1) is 6.54 Å². The van der Waals surface area contributed by atoms with Crippen molar-refractivity contribution in [3.8, 4) is 0 Å². The zero-order valence-electron chi connectivity index (χ0n) is 11.7. The summed E-state index contributed by atoms with van der Waals surface area (Å²) in [5.74, 6) is 0.638. The van der Waals surface area contributed by atoms with E-state index in [4.69, 9.17) is 9.16 Å². The molecule has 1 saturated heterocycles. The molecule has 0 radical (unpaired) electrons. The van der Waals surface area contributed by atoms with Crippen LogP contribution in [0.3, 0.4) is 0 Å². The molecule has 1 aliphatic heterocycles. The van der Waals surface area contributed by atoms with E-state index < -0.39 is 8.32 Å². The normalized spacial score (nSPS) is 18.4. The van der Waals surface area contributed by atoms with Gasteiger partial charge in [0.25, 0.3) is 8.32 Å². The topological polar surface area (TPSA) is 38.8 Å². The molecular formula is C12H23NO3Si. The van der Waals surface area contributed by atoms with Gasteiger partial charge in [0, 0.05) is 0 Å². The summed E-state index contributed by atoms with van der Waals surface area (Å²) in [7, 11) is -1.90. The van der Waals surface area contributed by atoms with Crippen molar-refractivity contribution in [3.63, 3.8) is 0 Å². The molecule has 0 aromatic heterocycles. The van der Waals surface area contributed by atoms with E-state index in [0.29, 0.717) is 19.0 Å². The van der Waals surface area contributed by atoms with Crippen LogP contribution in [0.15, 0.2) is 12.0 Å². The molecule has 1 aliphatic rings. The van der Waals surface area contributed by atoms with Gasteiger partial charge in [-0.05, 0) is 31.1 Å². The molecule has 0 unspecified atom stereocenters. The molecular weight excluding hydrogens is 234 g/mol. The first-order valence-corrected chi connectivity index (χ1v) is 8.89. The van der Waals surface area contributed by atoms with Crippen LogP contribution in [0.5, 0.6) is 0 Å². The molecule has 98 valence electrons. The Labute approximate surface area is 105 Å². The molecule has 0 aliphatic carbocycles. The van der Waals surface area contributed by atoms with Crippen molar-refractivity contribution >= 4 is 14.4 Å². The Hall–Kier alpha value is -0.973. The summed E-state index contributed by atoms with van der Waals surface area (Å²) >= 11 is 0. The predicted octanol–water partition coefficient (Wildman–Crippen LogP) is 3.32. The molecule has 1 fully saturated rings. The number of amides is 1. The van der Waals surface area contributed by atoms with E-state index >= 15 is 0 Å². The first kappa shape index (κ1) is 14.1. The first-order valence-electron chi connectivity index (χ1n) is 5.98. The smallest absolute Gasteiger partial charge is 0.416 e. The second-order valence-electron chi connectivity index (χ2n) is 5.76. The van der Waals surface area contributed by atoms with Gasteiger partial charge in [0.15, 0.2) is 5.88 Å².